The first-order chi connectivity index (χ1) is 12.2. The molecule has 152 valence electrons. The highest BCUT2D eigenvalue weighted by molar-refractivity contribution is 5.83. The van der Waals surface area contributed by atoms with Gasteiger partial charge in [-0.3, -0.25) is 4.79 Å². The molecule has 0 aromatic carbocycles. The van der Waals surface area contributed by atoms with E-state index in [4.69, 9.17) is 4.74 Å². The normalized spacial score (nSPS) is 20.4. The summed E-state index contributed by atoms with van der Waals surface area (Å²) in [6.45, 7) is 8.11. The summed E-state index contributed by atoms with van der Waals surface area (Å²) in [4.78, 5) is 25.9. The van der Waals surface area contributed by atoms with E-state index in [-0.39, 0.29) is 18.9 Å². The third-order valence-electron chi connectivity index (χ3n) is 4.88. The minimum Gasteiger partial charge on any atom is -0.444 e. The number of aliphatic hydroxyl groups excluding tert-OH is 1. The molecule has 2 atom stereocenters. The quantitative estimate of drug-likeness (QED) is 0.536. The summed E-state index contributed by atoms with van der Waals surface area (Å²) in [6.07, 6.45) is 10.2. The van der Waals surface area contributed by atoms with Gasteiger partial charge in [0.15, 0.2) is 0 Å². The van der Waals surface area contributed by atoms with E-state index in [1.54, 1.807) is 0 Å². The average Bonchev–Trinajstić information content (AvgIpc) is 2.94. The SMILES string of the molecule is CCCCCCCCCCCC(=O)[C@@H]1CN(C(=O)OC(C)(C)C)C[C@H]1O. The highest BCUT2D eigenvalue weighted by Gasteiger charge is 2.39. The van der Waals surface area contributed by atoms with Crippen LogP contribution < -0.4 is 0 Å². The summed E-state index contributed by atoms with van der Waals surface area (Å²) in [5, 5.41) is 10.2. The maximum atomic E-state index is 12.4. The van der Waals surface area contributed by atoms with Gasteiger partial charge in [-0.15, -0.1) is 0 Å². The van der Waals surface area contributed by atoms with Gasteiger partial charge in [-0.2, -0.15) is 0 Å². The first kappa shape index (κ1) is 22.9. The lowest BCUT2D eigenvalue weighted by molar-refractivity contribution is -0.124. The molecule has 1 aliphatic heterocycles. The molecule has 1 amide bonds. The summed E-state index contributed by atoms with van der Waals surface area (Å²) in [5.41, 5.74) is -0.569. The minimum absolute atomic E-state index is 0.0755. The fourth-order valence-corrected chi connectivity index (χ4v) is 3.37. The lowest BCUT2D eigenvalue weighted by Gasteiger charge is -2.24. The van der Waals surface area contributed by atoms with E-state index in [2.05, 4.69) is 6.92 Å². The predicted octanol–water partition coefficient (Wildman–Crippen LogP) is 4.70. The van der Waals surface area contributed by atoms with E-state index in [9.17, 15) is 14.7 Å². The van der Waals surface area contributed by atoms with Gasteiger partial charge in [-0.05, 0) is 27.2 Å². The fourth-order valence-electron chi connectivity index (χ4n) is 3.37. The Hall–Kier alpha value is -1.10. The Balaban J connectivity index is 2.19. The smallest absolute Gasteiger partial charge is 0.410 e. The van der Waals surface area contributed by atoms with Crippen molar-refractivity contribution in [1.82, 2.24) is 4.90 Å². The maximum absolute atomic E-state index is 12.4. The van der Waals surface area contributed by atoms with Crippen molar-refractivity contribution in [2.75, 3.05) is 13.1 Å². The summed E-state index contributed by atoms with van der Waals surface area (Å²) >= 11 is 0. The van der Waals surface area contributed by atoms with Crippen LogP contribution in [0, 0.1) is 5.92 Å². The molecule has 0 aliphatic carbocycles. The Kier molecular flexibility index (Phi) is 10.2. The zero-order chi connectivity index (χ0) is 19.6. The van der Waals surface area contributed by atoms with Crippen molar-refractivity contribution in [2.45, 2.75) is 104 Å². The Morgan fingerprint density at radius 1 is 0.962 bits per heavy atom. The van der Waals surface area contributed by atoms with E-state index in [1.807, 2.05) is 20.8 Å². The molecule has 26 heavy (non-hydrogen) atoms. The summed E-state index contributed by atoms with van der Waals surface area (Å²) < 4.78 is 5.32. The number of carbonyl (C=O) groups excluding carboxylic acids is 2. The molecule has 1 aliphatic rings. The van der Waals surface area contributed by atoms with Crippen LogP contribution in [0.4, 0.5) is 4.79 Å². The zero-order valence-corrected chi connectivity index (χ0v) is 17.3. The molecule has 0 aromatic rings. The largest absolute Gasteiger partial charge is 0.444 e. The predicted molar refractivity (Wildman–Crippen MR) is 104 cm³/mol. The van der Waals surface area contributed by atoms with Gasteiger partial charge in [-0.1, -0.05) is 58.3 Å². The van der Waals surface area contributed by atoms with E-state index in [0.29, 0.717) is 6.42 Å². The molecule has 5 nitrogen and oxygen atoms in total. The lowest BCUT2D eigenvalue weighted by atomic mass is 9.96. The highest BCUT2D eigenvalue weighted by atomic mass is 16.6. The number of hydrogen-bond acceptors (Lipinski definition) is 4. The first-order valence-corrected chi connectivity index (χ1v) is 10.4. The van der Waals surface area contributed by atoms with Crippen LogP contribution in [0.15, 0.2) is 0 Å². The number of ether oxygens (including phenoxy) is 1. The molecule has 1 saturated heterocycles. The summed E-state index contributed by atoms with van der Waals surface area (Å²) in [5.74, 6) is -0.386. The number of carbonyl (C=O) groups is 2. The van der Waals surface area contributed by atoms with Gasteiger partial charge in [0.2, 0.25) is 0 Å². The van der Waals surface area contributed by atoms with Gasteiger partial charge in [-0.25, -0.2) is 4.79 Å². The number of likely N-dealkylation sites (tertiary alicyclic amines) is 1. The van der Waals surface area contributed by atoms with Crippen LogP contribution in [0.2, 0.25) is 0 Å². The lowest BCUT2D eigenvalue weighted by Crippen LogP contribution is -2.36. The molecular weight excluding hydrogens is 330 g/mol. The van der Waals surface area contributed by atoms with Gasteiger partial charge in [0.05, 0.1) is 18.6 Å². The van der Waals surface area contributed by atoms with Gasteiger partial charge >= 0.3 is 6.09 Å². The summed E-state index contributed by atoms with van der Waals surface area (Å²) in [7, 11) is 0. The van der Waals surface area contributed by atoms with Crippen LogP contribution in [-0.4, -0.2) is 46.7 Å². The van der Waals surface area contributed by atoms with Crippen molar-refractivity contribution < 1.29 is 19.4 Å². The van der Waals surface area contributed by atoms with Crippen LogP contribution in [0.1, 0.15) is 91.9 Å². The third kappa shape index (κ3) is 9.02. The molecule has 0 bridgehead atoms. The minimum atomic E-state index is -0.770. The van der Waals surface area contributed by atoms with Crippen LogP contribution >= 0.6 is 0 Å². The molecule has 0 aromatic heterocycles. The third-order valence-corrected chi connectivity index (χ3v) is 4.88. The van der Waals surface area contributed by atoms with Crippen LogP contribution in [0.5, 0.6) is 0 Å². The number of hydrogen-bond donors (Lipinski definition) is 1. The molecule has 1 N–H and O–H groups in total. The first-order valence-electron chi connectivity index (χ1n) is 10.4. The molecule has 5 heteroatoms. The number of Topliss-reactive ketones (excluding diaryl/α,β-unsaturated/α-hetero) is 1. The van der Waals surface area contributed by atoms with Crippen molar-refractivity contribution in [3.05, 3.63) is 0 Å². The maximum Gasteiger partial charge on any atom is 0.410 e. The van der Waals surface area contributed by atoms with E-state index < -0.39 is 23.7 Å². The molecule has 0 unspecified atom stereocenters. The van der Waals surface area contributed by atoms with Crippen molar-refractivity contribution in [3.63, 3.8) is 0 Å². The van der Waals surface area contributed by atoms with Gasteiger partial charge < -0.3 is 14.7 Å². The standard InChI is InChI=1S/C21H39NO4/c1-5-6-7-8-9-10-11-12-13-14-18(23)17-15-22(16-19(17)24)20(25)26-21(2,3)4/h17,19,24H,5-16H2,1-4H3/t17-,19+/m0/s1. The number of unbranched alkanes of at least 4 members (excludes halogenated alkanes) is 8. The van der Waals surface area contributed by atoms with Crippen LogP contribution in [0.25, 0.3) is 0 Å². The van der Waals surface area contributed by atoms with Crippen LogP contribution in [-0.2, 0) is 9.53 Å². The Labute approximate surface area is 159 Å². The van der Waals surface area contributed by atoms with Crippen molar-refractivity contribution in [3.8, 4) is 0 Å². The molecule has 0 saturated carbocycles. The number of rotatable bonds is 11. The zero-order valence-electron chi connectivity index (χ0n) is 17.3. The van der Waals surface area contributed by atoms with Crippen molar-refractivity contribution in [2.24, 2.45) is 5.92 Å². The Morgan fingerprint density at radius 3 is 2.04 bits per heavy atom. The molecule has 1 fully saturated rings. The van der Waals surface area contributed by atoms with E-state index >= 15 is 0 Å². The second-order valence-corrected chi connectivity index (χ2v) is 8.60. The van der Waals surface area contributed by atoms with Crippen LogP contribution in [0.3, 0.4) is 0 Å². The molecule has 1 heterocycles. The molecular formula is C21H39NO4. The number of aliphatic hydroxyl groups is 1. The number of ketones is 1. The number of amides is 1. The van der Waals surface area contributed by atoms with Gasteiger partial charge in [0.25, 0.3) is 0 Å². The van der Waals surface area contributed by atoms with E-state index in [0.717, 1.165) is 12.8 Å². The number of β-amino-alcohol motifs (C(OH)–C–C–N with tert-alkyl or cyclic N) is 1. The monoisotopic (exact) mass is 369 g/mol. The second kappa shape index (κ2) is 11.6. The molecule has 0 radical (unpaired) electrons. The average molecular weight is 370 g/mol. The summed E-state index contributed by atoms with van der Waals surface area (Å²) in [6, 6.07) is 0. The fraction of sp³-hybridized carbons (Fsp3) is 0.905. The van der Waals surface area contributed by atoms with E-state index in [1.165, 1.54) is 49.8 Å². The molecule has 1 rings (SSSR count). The van der Waals surface area contributed by atoms with Gasteiger partial charge in [0, 0.05) is 13.0 Å². The molecule has 0 spiro atoms. The highest BCUT2D eigenvalue weighted by Crippen LogP contribution is 2.23. The van der Waals surface area contributed by atoms with Gasteiger partial charge in [0.1, 0.15) is 11.4 Å². The second-order valence-electron chi connectivity index (χ2n) is 8.60. The number of nitrogens with zero attached hydrogens (tertiary/aromatic N) is 1. The Morgan fingerprint density at radius 2 is 1.50 bits per heavy atom. The Bertz CT molecular complexity index is 430. The topological polar surface area (TPSA) is 66.8 Å². The van der Waals surface area contributed by atoms with Crippen molar-refractivity contribution in [1.29, 1.82) is 0 Å². The van der Waals surface area contributed by atoms with Crippen molar-refractivity contribution >= 4 is 11.9 Å².